The molecule has 2 bridgehead atoms. The Morgan fingerprint density at radius 3 is 2.59 bits per heavy atom. The average Bonchev–Trinajstić information content (AvgIpc) is 3.30. The van der Waals surface area contributed by atoms with Crippen LogP contribution in [0.25, 0.3) is 0 Å². The standard InChI is InChI=1S/C24H32N2O6/c1-5-31-22(30)17-16-21(29)26(12-7-13-27)19(24(16)11-10-23(17,4)32-24)20(28)25-18-14(2)8-6-9-15(18)3/h6,8-9,16-17,19,27H,5,7,10-13H2,1-4H3,(H,25,28)/t16-,17+,19?,23-,24?/m0/s1. The molecule has 0 aliphatic carbocycles. The fraction of sp³-hybridized carbons (Fsp3) is 0.625. The molecular weight excluding hydrogens is 412 g/mol. The number of anilines is 1. The monoisotopic (exact) mass is 444 g/mol. The van der Waals surface area contributed by atoms with Crippen LogP contribution in [0.3, 0.4) is 0 Å². The molecule has 32 heavy (non-hydrogen) atoms. The van der Waals surface area contributed by atoms with E-state index in [1.807, 2.05) is 39.0 Å². The second-order valence-electron chi connectivity index (χ2n) is 9.34. The fourth-order valence-corrected chi connectivity index (χ4v) is 6.00. The first kappa shape index (κ1) is 22.7. The Labute approximate surface area is 188 Å². The van der Waals surface area contributed by atoms with Gasteiger partial charge < -0.3 is 24.8 Å². The molecule has 0 saturated carbocycles. The topological polar surface area (TPSA) is 105 Å². The molecule has 0 radical (unpaired) electrons. The van der Waals surface area contributed by atoms with Crippen molar-refractivity contribution in [2.24, 2.45) is 11.8 Å². The van der Waals surface area contributed by atoms with Gasteiger partial charge in [-0.2, -0.15) is 0 Å². The van der Waals surface area contributed by atoms with Gasteiger partial charge in [-0.05, 0) is 58.1 Å². The van der Waals surface area contributed by atoms with Gasteiger partial charge in [0.05, 0.1) is 18.1 Å². The lowest BCUT2D eigenvalue weighted by Gasteiger charge is -2.33. The van der Waals surface area contributed by atoms with E-state index in [1.165, 1.54) is 4.90 Å². The van der Waals surface area contributed by atoms with Gasteiger partial charge in [0.2, 0.25) is 11.8 Å². The van der Waals surface area contributed by atoms with Crippen LogP contribution in [-0.4, -0.2) is 64.8 Å². The molecule has 2 N–H and O–H groups in total. The van der Waals surface area contributed by atoms with Crippen molar-refractivity contribution in [1.82, 2.24) is 4.90 Å². The summed E-state index contributed by atoms with van der Waals surface area (Å²) in [5.41, 5.74) is 0.637. The van der Waals surface area contributed by atoms with E-state index in [2.05, 4.69) is 5.32 Å². The molecule has 5 atom stereocenters. The number of amides is 2. The predicted octanol–water partition coefficient (Wildman–Crippen LogP) is 1.95. The van der Waals surface area contributed by atoms with Crippen molar-refractivity contribution in [3.05, 3.63) is 29.3 Å². The van der Waals surface area contributed by atoms with E-state index in [0.29, 0.717) is 24.9 Å². The number of fused-ring (bicyclic) bond motifs is 1. The number of ether oxygens (including phenoxy) is 2. The molecule has 1 spiro atoms. The quantitative estimate of drug-likeness (QED) is 0.623. The third-order valence-electron chi connectivity index (χ3n) is 7.35. The smallest absolute Gasteiger partial charge is 0.312 e. The number of para-hydroxylation sites is 1. The molecule has 3 aliphatic rings. The summed E-state index contributed by atoms with van der Waals surface area (Å²) in [5.74, 6) is -2.58. The first-order chi connectivity index (χ1) is 15.2. The van der Waals surface area contributed by atoms with Crippen LogP contribution >= 0.6 is 0 Å². The molecule has 3 aliphatic heterocycles. The zero-order valence-electron chi connectivity index (χ0n) is 19.1. The molecule has 3 fully saturated rings. The van der Waals surface area contributed by atoms with Crippen LogP contribution in [0.5, 0.6) is 0 Å². The van der Waals surface area contributed by atoms with E-state index in [0.717, 1.165) is 11.1 Å². The highest BCUT2D eigenvalue weighted by Crippen LogP contribution is 2.63. The number of aryl methyl sites for hydroxylation is 2. The number of carbonyl (C=O) groups is 3. The van der Waals surface area contributed by atoms with Crippen molar-refractivity contribution in [2.75, 3.05) is 25.1 Å². The number of carbonyl (C=O) groups excluding carboxylic acids is 3. The SMILES string of the molecule is CCOC(=O)[C@H]1[C@H]2C(=O)N(CCCO)C(C(=O)Nc3c(C)cccc3C)C23CC[C@]1(C)O3. The van der Waals surface area contributed by atoms with E-state index in [4.69, 9.17) is 9.47 Å². The number of hydrogen-bond donors (Lipinski definition) is 2. The van der Waals surface area contributed by atoms with Gasteiger partial charge in [0.15, 0.2) is 0 Å². The Hall–Kier alpha value is -2.45. The summed E-state index contributed by atoms with van der Waals surface area (Å²) < 4.78 is 11.8. The molecule has 174 valence electrons. The van der Waals surface area contributed by atoms with Gasteiger partial charge in [-0.25, -0.2) is 0 Å². The third kappa shape index (κ3) is 3.23. The maximum absolute atomic E-state index is 13.7. The number of nitrogens with one attached hydrogen (secondary N) is 1. The molecule has 0 aromatic heterocycles. The Bertz CT molecular complexity index is 928. The van der Waals surface area contributed by atoms with Crippen molar-refractivity contribution in [3.8, 4) is 0 Å². The van der Waals surface area contributed by atoms with Crippen LogP contribution < -0.4 is 5.32 Å². The van der Waals surface area contributed by atoms with Gasteiger partial charge in [0, 0.05) is 18.8 Å². The number of likely N-dealkylation sites (tertiary alicyclic amines) is 1. The highest BCUT2D eigenvalue weighted by atomic mass is 16.6. The Kier molecular flexibility index (Phi) is 5.79. The zero-order chi connectivity index (χ0) is 23.3. The average molecular weight is 445 g/mol. The minimum absolute atomic E-state index is 0.105. The molecule has 3 saturated heterocycles. The number of aliphatic hydroxyl groups excluding tert-OH is 1. The minimum Gasteiger partial charge on any atom is -0.466 e. The molecule has 8 heteroatoms. The summed E-state index contributed by atoms with van der Waals surface area (Å²) in [5, 5.41) is 12.4. The number of hydrogen-bond acceptors (Lipinski definition) is 6. The van der Waals surface area contributed by atoms with Crippen LogP contribution in [0.1, 0.15) is 44.2 Å². The van der Waals surface area contributed by atoms with Crippen LogP contribution in [0.2, 0.25) is 0 Å². The molecule has 2 amide bonds. The minimum atomic E-state index is -1.08. The lowest BCUT2D eigenvalue weighted by molar-refractivity contribution is -0.159. The predicted molar refractivity (Wildman–Crippen MR) is 117 cm³/mol. The first-order valence-electron chi connectivity index (χ1n) is 11.4. The molecule has 3 heterocycles. The number of benzene rings is 1. The second kappa shape index (κ2) is 8.15. The number of rotatable bonds is 7. The second-order valence-corrected chi connectivity index (χ2v) is 9.34. The van der Waals surface area contributed by atoms with Crippen molar-refractivity contribution >= 4 is 23.5 Å². The maximum atomic E-state index is 13.7. The van der Waals surface area contributed by atoms with Gasteiger partial charge in [-0.3, -0.25) is 14.4 Å². The molecule has 8 nitrogen and oxygen atoms in total. The van der Waals surface area contributed by atoms with Crippen molar-refractivity contribution in [3.63, 3.8) is 0 Å². The highest BCUT2D eigenvalue weighted by Gasteiger charge is 2.78. The van der Waals surface area contributed by atoms with E-state index >= 15 is 0 Å². The third-order valence-corrected chi connectivity index (χ3v) is 7.35. The Balaban J connectivity index is 1.74. The van der Waals surface area contributed by atoms with E-state index in [-0.39, 0.29) is 31.6 Å². The van der Waals surface area contributed by atoms with Gasteiger partial charge in [-0.15, -0.1) is 0 Å². The lowest BCUT2D eigenvalue weighted by Crippen LogP contribution is -2.53. The van der Waals surface area contributed by atoms with E-state index in [9.17, 15) is 19.5 Å². The van der Waals surface area contributed by atoms with Crippen LogP contribution in [0.15, 0.2) is 18.2 Å². The van der Waals surface area contributed by atoms with Crippen LogP contribution in [0, 0.1) is 25.7 Å². The molecular formula is C24H32N2O6. The summed E-state index contributed by atoms with van der Waals surface area (Å²) in [6.07, 6.45) is 1.42. The Morgan fingerprint density at radius 1 is 1.28 bits per heavy atom. The summed E-state index contributed by atoms with van der Waals surface area (Å²) in [6, 6.07) is 4.88. The van der Waals surface area contributed by atoms with Crippen LogP contribution in [-0.2, 0) is 23.9 Å². The van der Waals surface area contributed by atoms with Gasteiger partial charge in [-0.1, -0.05) is 18.2 Å². The van der Waals surface area contributed by atoms with E-state index < -0.39 is 35.0 Å². The number of aliphatic hydroxyl groups is 1. The van der Waals surface area contributed by atoms with E-state index in [1.54, 1.807) is 6.92 Å². The van der Waals surface area contributed by atoms with Crippen LogP contribution in [0.4, 0.5) is 5.69 Å². The molecule has 1 aromatic carbocycles. The first-order valence-corrected chi connectivity index (χ1v) is 11.4. The van der Waals surface area contributed by atoms with Crippen molar-refractivity contribution in [2.45, 2.75) is 64.2 Å². The normalized spacial score (nSPS) is 32.8. The summed E-state index contributed by atoms with van der Waals surface area (Å²) in [7, 11) is 0. The molecule has 1 aromatic rings. The summed E-state index contributed by atoms with van der Waals surface area (Å²) in [4.78, 5) is 41.7. The van der Waals surface area contributed by atoms with Gasteiger partial charge in [0.25, 0.3) is 0 Å². The lowest BCUT2D eigenvalue weighted by atomic mass is 9.66. The fourth-order valence-electron chi connectivity index (χ4n) is 6.00. The van der Waals surface area contributed by atoms with Crippen molar-refractivity contribution in [1.29, 1.82) is 0 Å². The largest absolute Gasteiger partial charge is 0.466 e. The summed E-state index contributed by atoms with van der Waals surface area (Å²) >= 11 is 0. The molecule has 4 rings (SSSR count). The Morgan fingerprint density at radius 2 is 1.97 bits per heavy atom. The molecule has 2 unspecified atom stereocenters. The maximum Gasteiger partial charge on any atom is 0.312 e. The zero-order valence-corrected chi connectivity index (χ0v) is 19.1. The summed E-state index contributed by atoms with van der Waals surface area (Å²) in [6.45, 7) is 7.73. The van der Waals surface area contributed by atoms with Gasteiger partial charge in [0.1, 0.15) is 17.6 Å². The number of esters is 1. The van der Waals surface area contributed by atoms with Gasteiger partial charge >= 0.3 is 5.97 Å². The number of nitrogens with zero attached hydrogens (tertiary/aromatic N) is 1. The van der Waals surface area contributed by atoms with Crippen molar-refractivity contribution < 1.29 is 29.0 Å². The highest BCUT2D eigenvalue weighted by molar-refractivity contribution is 6.04.